The van der Waals surface area contributed by atoms with Crippen LogP contribution in [0.15, 0.2) is 34.9 Å². The lowest BCUT2D eigenvalue weighted by Crippen LogP contribution is -2.45. The minimum absolute atomic E-state index is 0.0995. The van der Waals surface area contributed by atoms with Crippen LogP contribution in [0.5, 0.6) is 0 Å². The molecule has 1 aromatic rings. The molecular formula is C32H41F2NO2. The fraction of sp³-hybridized carbons (Fsp3) is 0.594. The summed E-state index contributed by atoms with van der Waals surface area (Å²) in [6.45, 7) is 9.23. The Hall–Kier alpha value is -2.45. The first-order valence-electron chi connectivity index (χ1n) is 14.0. The number of aliphatic hydroxyl groups excluding tert-OH is 1. The van der Waals surface area contributed by atoms with E-state index in [4.69, 9.17) is 0 Å². The van der Waals surface area contributed by atoms with Crippen molar-refractivity contribution in [3.05, 3.63) is 52.1 Å². The zero-order valence-electron chi connectivity index (χ0n) is 22.7. The van der Waals surface area contributed by atoms with Crippen LogP contribution in [0, 0.1) is 41.2 Å². The first-order chi connectivity index (χ1) is 17.8. The number of ketones is 1. The maximum Gasteiger partial charge on any atom is 0.156 e. The van der Waals surface area contributed by atoms with Crippen molar-refractivity contribution in [1.82, 2.24) is 0 Å². The Morgan fingerprint density at radius 3 is 2.32 bits per heavy atom. The summed E-state index contributed by atoms with van der Waals surface area (Å²) >= 11 is 0. The van der Waals surface area contributed by atoms with Crippen LogP contribution in [-0.4, -0.2) is 30.1 Å². The predicted molar refractivity (Wildman–Crippen MR) is 145 cm³/mol. The van der Waals surface area contributed by atoms with Crippen molar-refractivity contribution in [2.45, 2.75) is 91.1 Å². The molecule has 37 heavy (non-hydrogen) atoms. The smallest absolute Gasteiger partial charge is 0.156 e. The van der Waals surface area contributed by atoms with Gasteiger partial charge in [-0.3, -0.25) is 4.79 Å². The molecule has 0 radical (unpaired) electrons. The van der Waals surface area contributed by atoms with Gasteiger partial charge in [-0.1, -0.05) is 26.3 Å². The molecule has 1 heterocycles. The molecule has 0 amide bonds. The molecule has 0 aromatic heterocycles. The van der Waals surface area contributed by atoms with E-state index in [2.05, 4.69) is 19.3 Å². The number of nitrogens with zero attached hydrogens (tertiary/aromatic N) is 1. The van der Waals surface area contributed by atoms with Gasteiger partial charge in [0.15, 0.2) is 5.78 Å². The molecule has 5 atom stereocenters. The zero-order valence-corrected chi connectivity index (χ0v) is 22.7. The Kier molecular flexibility index (Phi) is 8.29. The zero-order chi connectivity index (χ0) is 26.9. The van der Waals surface area contributed by atoms with Gasteiger partial charge in [-0.25, -0.2) is 8.78 Å². The van der Waals surface area contributed by atoms with Crippen LogP contribution >= 0.6 is 0 Å². The highest BCUT2D eigenvalue weighted by Crippen LogP contribution is 2.64. The highest BCUT2D eigenvalue weighted by Gasteiger charge is 2.56. The molecule has 1 N–H and O–H groups in total. The molecule has 1 saturated heterocycles. The molecule has 0 bridgehead atoms. The quantitative estimate of drug-likeness (QED) is 0.432. The van der Waals surface area contributed by atoms with E-state index in [-0.39, 0.29) is 28.9 Å². The van der Waals surface area contributed by atoms with Gasteiger partial charge in [-0.15, -0.1) is 12.3 Å². The average Bonchev–Trinajstić information content (AvgIpc) is 3.15. The Morgan fingerprint density at radius 1 is 1.08 bits per heavy atom. The number of benzene rings is 1. The highest BCUT2D eigenvalue weighted by atomic mass is 19.1. The van der Waals surface area contributed by atoms with E-state index in [9.17, 15) is 9.90 Å². The fourth-order valence-corrected chi connectivity index (χ4v) is 7.56. The van der Waals surface area contributed by atoms with Crippen LogP contribution in [0.4, 0.5) is 14.5 Å². The van der Waals surface area contributed by atoms with Crippen LogP contribution in [0.3, 0.4) is 0 Å². The van der Waals surface area contributed by atoms with Gasteiger partial charge in [0.05, 0.1) is 6.10 Å². The summed E-state index contributed by atoms with van der Waals surface area (Å²) in [5.74, 6) is 2.07. The van der Waals surface area contributed by atoms with Crippen molar-refractivity contribution in [2.24, 2.45) is 17.3 Å². The second-order valence-electron chi connectivity index (χ2n) is 11.1. The lowest BCUT2D eigenvalue weighted by atomic mass is 9.53. The number of hydrogen-bond acceptors (Lipinski definition) is 3. The maximum atomic E-state index is 15.2. The predicted octanol–water partition coefficient (Wildman–Crippen LogP) is 7.10. The number of allylic oxidation sites excluding steroid dienone is 4. The van der Waals surface area contributed by atoms with Crippen molar-refractivity contribution in [3.8, 4) is 12.3 Å². The van der Waals surface area contributed by atoms with Crippen molar-refractivity contribution < 1.29 is 18.7 Å². The van der Waals surface area contributed by atoms with Gasteiger partial charge in [0.1, 0.15) is 17.3 Å². The van der Waals surface area contributed by atoms with Crippen LogP contribution < -0.4 is 4.90 Å². The van der Waals surface area contributed by atoms with E-state index in [0.29, 0.717) is 43.3 Å². The summed E-state index contributed by atoms with van der Waals surface area (Å²) in [6, 6.07) is 3.09. The van der Waals surface area contributed by atoms with E-state index < -0.39 is 11.6 Å². The van der Waals surface area contributed by atoms with E-state index in [1.807, 2.05) is 19.9 Å². The Bertz CT molecular complexity index is 1120. The number of hydrogen-bond donors (Lipinski definition) is 1. The third-order valence-corrected chi connectivity index (χ3v) is 9.30. The van der Waals surface area contributed by atoms with Gasteiger partial charge < -0.3 is 10.0 Å². The number of carbonyl (C=O) groups is 1. The monoisotopic (exact) mass is 509 g/mol. The maximum absolute atomic E-state index is 15.2. The minimum atomic E-state index is -0.480. The topological polar surface area (TPSA) is 40.5 Å². The van der Waals surface area contributed by atoms with Crippen LogP contribution in [0.2, 0.25) is 0 Å². The van der Waals surface area contributed by atoms with Gasteiger partial charge in [0.25, 0.3) is 0 Å². The van der Waals surface area contributed by atoms with Gasteiger partial charge in [-0.2, -0.15) is 0 Å². The molecule has 0 spiro atoms. The molecule has 5 unspecified atom stereocenters. The lowest BCUT2D eigenvalue weighted by Gasteiger charge is -2.52. The highest BCUT2D eigenvalue weighted by molar-refractivity contribution is 5.93. The third kappa shape index (κ3) is 4.78. The molecule has 3 nitrogen and oxygen atoms in total. The van der Waals surface area contributed by atoms with E-state index in [0.717, 1.165) is 44.1 Å². The first-order valence-corrected chi connectivity index (χ1v) is 14.0. The minimum Gasteiger partial charge on any atom is -0.393 e. The SMILES string of the molecule is C#CC.CC.CC12CC(c3cc(F)c(N4CCC4)c(F)c3)C3=C4CCC(=O)C=C4CCC3C1CCC2O. The number of fused-ring (bicyclic) bond motifs is 4. The average molecular weight is 510 g/mol. The lowest BCUT2D eigenvalue weighted by molar-refractivity contribution is -0.114. The van der Waals surface area contributed by atoms with Crippen molar-refractivity contribution >= 4 is 11.5 Å². The summed E-state index contributed by atoms with van der Waals surface area (Å²) in [7, 11) is 0. The molecule has 5 aliphatic rings. The first kappa shape index (κ1) is 27.6. The molecule has 3 fully saturated rings. The van der Waals surface area contributed by atoms with Crippen LogP contribution in [0.25, 0.3) is 0 Å². The van der Waals surface area contributed by atoms with Crippen molar-refractivity contribution in [1.29, 1.82) is 0 Å². The van der Waals surface area contributed by atoms with Crippen LogP contribution in [0.1, 0.15) is 90.5 Å². The van der Waals surface area contributed by atoms with Gasteiger partial charge in [-0.05, 0) is 104 Å². The standard InChI is InChI=1S/C27H31F2NO2.C3H4.C2H6/c1-27-14-20(16-12-22(28)26(23(29)13-16)30-9-2-10-30)25-18-6-4-17(31)11-15(18)3-5-19(25)21(27)7-8-24(27)32;1-3-2;1-2/h11-13,19-21,24,32H,2-10,14H2,1H3;1H,2H3;1-2H3. The molecule has 200 valence electrons. The van der Waals surface area contributed by atoms with Gasteiger partial charge in [0.2, 0.25) is 0 Å². The largest absolute Gasteiger partial charge is 0.393 e. The molecule has 2 saturated carbocycles. The molecular weight excluding hydrogens is 468 g/mol. The Labute approximate surface area is 221 Å². The number of halogens is 2. The number of carbonyl (C=O) groups excluding carboxylic acids is 1. The summed E-state index contributed by atoms with van der Waals surface area (Å²) in [6.07, 6.45) is 12.6. The van der Waals surface area contributed by atoms with Crippen LogP contribution in [-0.2, 0) is 4.79 Å². The summed E-state index contributed by atoms with van der Waals surface area (Å²) in [4.78, 5) is 13.9. The number of terminal acetylenes is 1. The summed E-state index contributed by atoms with van der Waals surface area (Å²) in [5, 5.41) is 10.9. The number of anilines is 1. The number of rotatable bonds is 2. The van der Waals surface area contributed by atoms with Gasteiger partial charge >= 0.3 is 0 Å². The summed E-state index contributed by atoms with van der Waals surface area (Å²) < 4.78 is 30.4. The Morgan fingerprint density at radius 2 is 1.73 bits per heavy atom. The molecule has 5 heteroatoms. The second kappa shape index (κ2) is 11.1. The summed E-state index contributed by atoms with van der Waals surface area (Å²) in [5.41, 5.74) is 4.26. The molecule has 1 aromatic carbocycles. The van der Waals surface area contributed by atoms with E-state index in [1.165, 1.54) is 11.1 Å². The normalized spacial score (nSPS) is 31.8. The van der Waals surface area contributed by atoms with Crippen molar-refractivity contribution in [2.75, 3.05) is 18.0 Å². The second-order valence-corrected chi connectivity index (χ2v) is 11.1. The number of aliphatic hydroxyl groups is 1. The third-order valence-electron chi connectivity index (χ3n) is 9.30. The fourth-order valence-electron chi connectivity index (χ4n) is 7.56. The molecule has 1 aliphatic heterocycles. The Balaban J connectivity index is 0.000000599. The molecule has 6 rings (SSSR count). The van der Waals surface area contributed by atoms with E-state index in [1.54, 1.807) is 24.0 Å². The van der Waals surface area contributed by atoms with E-state index >= 15 is 8.78 Å². The molecule has 4 aliphatic carbocycles. The van der Waals surface area contributed by atoms with Gasteiger partial charge in [0, 0.05) is 25.4 Å². The van der Waals surface area contributed by atoms with Crippen molar-refractivity contribution in [3.63, 3.8) is 0 Å².